The molecular weight excluding hydrogens is 495 g/mol. The van der Waals surface area contributed by atoms with E-state index in [9.17, 15) is 18.8 Å². The first kappa shape index (κ1) is 26.7. The summed E-state index contributed by atoms with van der Waals surface area (Å²) in [6.45, 7) is 4.89. The van der Waals surface area contributed by atoms with Gasteiger partial charge >= 0.3 is 5.97 Å². The molecule has 0 saturated carbocycles. The summed E-state index contributed by atoms with van der Waals surface area (Å²) in [5.41, 5.74) is 4.08. The van der Waals surface area contributed by atoms with Gasteiger partial charge in [0.25, 0.3) is 0 Å². The molecule has 2 atom stereocenters. The SMILES string of the molecule is CC(C)(C)[S@+]([O-])NC(CF)c1cc(-c2cc(COc3ccccc3CC(=O)O)cc3ccoc23)ccn1. The molecule has 4 rings (SSSR count). The number of fused-ring (bicyclic) bond motifs is 1. The Morgan fingerprint density at radius 1 is 1.22 bits per heavy atom. The van der Waals surface area contributed by atoms with Crippen molar-refractivity contribution in [3.05, 3.63) is 83.9 Å². The second-order valence-electron chi connectivity index (χ2n) is 9.62. The number of nitrogens with zero attached hydrogens (tertiary/aromatic N) is 1. The van der Waals surface area contributed by atoms with Crippen molar-refractivity contribution in [2.75, 3.05) is 6.67 Å². The lowest BCUT2D eigenvalue weighted by molar-refractivity contribution is -0.136. The van der Waals surface area contributed by atoms with E-state index in [2.05, 4.69) is 9.71 Å². The molecule has 0 fully saturated rings. The number of furan rings is 1. The van der Waals surface area contributed by atoms with Crippen LogP contribution < -0.4 is 9.46 Å². The van der Waals surface area contributed by atoms with E-state index in [-0.39, 0.29) is 13.0 Å². The monoisotopic (exact) mass is 524 g/mol. The summed E-state index contributed by atoms with van der Waals surface area (Å²) < 4.78 is 40.6. The third kappa shape index (κ3) is 6.49. The fraction of sp³-hybridized carbons (Fsp3) is 0.286. The molecule has 9 heteroatoms. The van der Waals surface area contributed by atoms with Gasteiger partial charge in [-0.05, 0) is 68.3 Å². The lowest BCUT2D eigenvalue weighted by atomic mass is 10.00. The van der Waals surface area contributed by atoms with Crippen LogP contribution in [0.1, 0.15) is 43.6 Å². The molecule has 0 aliphatic heterocycles. The number of benzene rings is 2. The normalized spacial score (nSPS) is 13.4. The van der Waals surface area contributed by atoms with Gasteiger partial charge in [0.15, 0.2) is 0 Å². The molecule has 37 heavy (non-hydrogen) atoms. The van der Waals surface area contributed by atoms with Crippen LogP contribution in [0.15, 0.2) is 71.5 Å². The maximum absolute atomic E-state index is 14.0. The number of carboxylic acid groups (broad SMARTS) is 1. The van der Waals surface area contributed by atoms with Crippen molar-refractivity contribution in [3.8, 4) is 16.9 Å². The van der Waals surface area contributed by atoms with E-state index in [0.29, 0.717) is 22.6 Å². The number of aliphatic carboxylic acids is 1. The third-order valence-electron chi connectivity index (χ3n) is 5.73. The van der Waals surface area contributed by atoms with E-state index in [1.807, 2.05) is 45.0 Å². The number of aromatic nitrogens is 1. The fourth-order valence-corrected chi connectivity index (χ4v) is 4.64. The summed E-state index contributed by atoms with van der Waals surface area (Å²) in [7, 11) is 0. The van der Waals surface area contributed by atoms with Crippen LogP contribution in [-0.4, -0.2) is 32.0 Å². The standard InChI is InChI=1S/C28H29FN2O5S/c1-28(2,3)37(34)31-24(16-29)23-14-19(8-10-30-23)22-13-18(12-21-9-11-35-27(21)22)17-36-25-7-5-4-6-20(25)15-26(32)33/h4-14,24,31H,15-17H2,1-3H3,(H,32,33)/t24?,37-/m0/s1. The Hall–Kier alpha value is -3.40. The zero-order chi connectivity index (χ0) is 26.6. The van der Waals surface area contributed by atoms with Crippen LogP contribution in [0.5, 0.6) is 5.75 Å². The zero-order valence-corrected chi connectivity index (χ0v) is 21.7. The number of hydrogen-bond acceptors (Lipinski definition) is 6. The average Bonchev–Trinajstić information content (AvgIpc) is 3.34. The van der Waals surface area contributed by atoms with Gasteiger partial charge in [0, 0.05) is 34.1 Å². The lowest BCUT2D eigenvalue weighted by Gasteiger charge is -2.26. The predicted molar refractivity (Wildman–Crippen MR) is 141 cm³/mol. The van der Waals surface area contributed by atoms with E-state index in [1.54, 1.807) is 42.8 Å². The molecule has 2 N–H and O–H groups in total. The van der Waals surface area contributed by atoms with E-state index < -0.39 is 34.8 Å². The number of carboxylic acids is 1. The summed E-state index contributed by atoms with van der Waals surface area (Å²) in [5.74, 6) is -0.423. The number of para-hydroxylation sites is 1. The van der Waals surface area contributed by atoms with Crippen molar-refractivity contribution in [1.82, 2.24) is 9.71 Å². The summed E-state index contributed by atoms with van der Waals surface area (Å²) in [6.07, 6.45) is 3.06. The van der Waals surface area contributed by atoms with Crippen LogP contribution in [-0.2, 0) is 29.2 Å². The minimum atomic E-state index is -1.47. The highest BCUT2D eigenvalue weighted by molar-refractivity contribution is 7.90. The highest BCUT2D eigenvalue weighted by Crippen LogP contribution is 2.33. The number of alkyl halides is 1. The van der Waals surface area contributed by atoms with Gasteiger partial charge in [0.05, 0.1) is 18.4 Å². The van der Waals surface area contributed by atoms with Crippen LogP contribution in [0, 0.1) is 0 Å². The molecule has 4 aromatic rings. The molecule has 0 saturated heterocycles. The quantitative estimate of drug-likeness (QED) is 0.254. The Balaban J connectivity index is 1.64. The first-order valence-corrected chi connectivity index (χ1v) is 12.9. The van der Waals surface area contributed by atoms with Gasteiger partial charge in [-0.25, -0.2) is 4.39 Å². The molecule has 2 aromatic carbocycles. The van der Waals surface area contributed by atoms with Crippen molar-refractivity contribution < 1.29 is 28.0 Å². The zero-order valence-electron chi connectivity index (χ0n) is 20.9. The largest absolute Gasteiger partial charge is 0.598 e. The van der Waals surface area contributed by atoms with Gasteiger partial charge < -0.3 is 18.8 Å². The average molecular weight is 525 g/mol. The number of carbonyl (C=O) groups is 1. The fourth-order valence-electron chi connectivity index (χ4n) is 3.84. The number of ether oxygens (including phenoxy) is 1. The van der Waals surface area contributed by atoms with Crippen LogP contribution in [0.3, 0.4) is 0 Å². The molecular formula is C28H29FN2O5S. The summed E-state index contributed by atoms with van der Waals surface area (Å²) in [4.78, 5) is 15.5. The molecule has 0 amide bonds. The smallest absolute Gasteiger partial charge is 0.307 e. The Kier molecular flexibility index (Phi) is 8.16. The summed E-state index contributed by atoms with van der Waals surface area (Å²) >= 11 is -1.47. The van der Waals surface area contributed by atoms with Crippen LogP contribution in [0.4, 0.5) is 4.39 Å². The number of rotatable bonds is 10. The van der Waals surface area contributed by atoms with Gasteiger partial charge in [0.1, 0.15) is 35.4 Å². The van der Waals surface area contributed by atoms with Gasteiger partial charge in [-0.2, -0.15) is 0 Å². The molecule has 7 nitrogen and oxygen atoms in total. The molecule has 0 spiro atoms. The Bertz CT molecular complexity index is 1380. The molecule has 0 bridgehead atoms. The van der Waals surface area contributed by atoms with E-state index in [1.165, 1.54) is 0 Å². The number of hydrogen-bond donors (Lipinski definition) is 2. The van der Waals surface area contributed by atoms with E-state index in [4.69, 9.17) is 9.15 Å². The molecule has 2 aromatic heterocycles. The first-order chi connectivity index (χ1) is 17.7. The molecule has 1 unspecified atom stereocenters. The maximum Gasteiger partial charge on any atom is 0.307 e. The Morgan fingerprint density at radius 2 is 2.00 bits per heavy atom. The van der Waals surface area contributed by atoms with E-state index in [0.717, 1.165) is 22.1 Å². The molecule has 2 heterocycles. The van der Waals surface area contributed by atoms with Gasteiger partial charge in [0.2, 0.25) is 0 Å². The maximum atomic E-state index is 14.0. The second kappa shape index (κ2) is 11.3. The van der Waals surface area contributed by atoms with Crippen molar-refractivity contribution >= 4 is 28.3 Å². The van der Waals surface area contributed by atoms with E-state index >= 15 is 0 Å². The highest BCUT2D eigenvalue weighted by Gasteiger charge is 2.30. The molecule has 0 aliphatic rings. The van der Waals surface area contributed by atoms with Crippen molar-refractivity contribution in [2.45, 2.75) is 44.6 Å². The van der Waals surface area contributed by atoms with Crippen LogP contribution in [0.2, 0.25) is 0 Å². The minimum Gasteiger partial charge on any atom is -0.598 e. The number of halogens is 1. The molecule has 0 aliphatic carbocycles. The van der Waals surface area contributed by atoms with Gasteiger partial charge in [-0.1, -0.05) is 18.2 Å². The van der Waals surface area contributed by atoms with Gasteiger partial charge in [-0.3, -0.25) is 9.78 Å². The number of pyridine rings is 1. The highest BCUT2D eigenvalue weighted by atomic mass is 32.2. The van der Waals surface area contributed by atoms with Crippen molar-refractivity contribution in [1.29, 1.82) is 0 Å². The van der Waals surface area contributed by atoms with Crippen LogP contribution >= 0.6 is 0 Å². The third-order valence-corrected chi connectivity index (χ3v) is 7.34. The second-order valence-corrected chi connectivity index (χ2v) is 11.6. The van der Waals surface area contributed by atoms with Gasteiger partial charge in [-0.15, -0.1) is 4.72 Å². The summed E-state index contributed by atoms with van der Waals surface area (Å²) in [6, 6.07) is 15.5. The Morgan fingerprint density at radius 3 is 2.73 bits per heavy atom. The van der Waals surface area contributed by atoms with Crippen molar-refractivity contribution in [3.63, 3.8) is 0 Å². The van der Waals surface area contributed by atoms with Crippen LogP contribution in [0.25, 0.3) is 22.1 Å². The molecule has 194 valence electrons. The summed E-state index contributed by atoms with van der Waals surface area (Å²) in [5, 5.41) is 10.0. The Labute approximate surface area is 218 Å². The lowest BCUT2D eigenvalue weighted by Crippen LogP contribution is -2.42. The number of nitrogens with one attached hydrogen (secondary N) is 1. The van der Waals surface area contributed by atoms with Crippen molar-refractivity contribution in [2.24, 2.45) is 0 Å². The first-order valence-electron chi connectivity index (χ1n) is 11.8. The topological polar surface area (TPSA) is 108 Å². The molecule has 0 radical (unpaired) electrons. The predicted octanol–water partition coefficient (Wildman–Crippen LogP) is 5.76. The minimum absolute atomic E-state index is 0.133.